The predicted octanol–water partition coefficient (Wildman–Crippen LogP) is 4.49. The molecule has 0 unspecified atom stereocenters. The van der Waals surface area contributed by atoms with Crippen molar-refractivity contribution in [3.8, 4) is 0 Å². The lowest BCUT2D eigenvalue weighted by Crippen LogP contribution is -2.53. The molecule has 1 N–H and O–H groups in total. The highest BCUT2D eigenvalue weighted by Gasteiger charge is 2.52. The van der Waals surface area contributed by atoms with Gasteiger partial charge in [0.1, 0.15) is 5.82 Å². The molecule has 3 amide bonds. The standard InChI is InChI=1S/C26H31ClN6O2/c1-4-11-32-21-6-5-18(27)14-20(21)30-23(32)16-33-22-15-28-10-7-19(22)26(24(33)34)8-12-31(13-9-26)25(35)29-17(2)3/h5-7,10,14-15,17H,4,8-9,11-13,16H2,1-3H3,(H,29,35). The van der Waals surface area contributed by atoms with Crippen LogP contribution in [0.5, 0.6) is 0 Å². The second-order valence-electron chi connectivity index (χ2n) is 9.77. The van der Waals surface area contributed by atoms with Gasteiger partial charge in [-0.3, -0.25) is 9.78 Å². The van der Waals surface area contributed by atoms with Gasteiger partial charge in [-0.2, -0.15) is 0 Å². The normalized spacial score (nSPS) is 17.0. The summed E-state index contributed by atoms with van der Waals surface area (Å²) in [5, 5.41) is 3.60. The summed E-state index contributed by atoms with van der Waals surface area (Å²) in [5.41, 5.74) is 3.05. The molecule has 5 rings (SSSR count). The number of pyridine rings is 1. The van der Waals surface area contributed by atoms with Crippen molar-refractivity contribution in [3.63, 3.8) is 0 Å². The molecule has 0 aliphatic carbocycles. The molecule has 184 valence electrons. The molecule has 0 radical (unpaired) electrons. The summed E-state index contributed by atoms with van der Waals surface area (Å²) >= 11 is 6.22. The van der Waals surface area contributed by atoms with Gasteiger partial charge in [0, 0.05) is 36.9 Å². The van der Waals surface area contributed by atoms with Crippen molar-refractivity contribution in [2.24, 2.45) is 0 Å². The molecule has 2 aliphatic heterocycles. The maximum absolute atomic E-state index is 14.1. The van der Waals surface area contributed by atoms with Crippen molar-refractivity contribution in [3.05, 3.63) is 53.1 Å². The fraction of sp³-hybridized carbons (Fsp3) is 0.462. The zero-order valence-corrected chi connectivity index (χ0v) is 21.2. The first-order chi connectivity index (χ1) is 16.8. The molecule has 1 aromatic carbocycles. The van der Waals surface area contributed by atoms with E-state index in [1.165, 1.54) is 0 Å². The van der Waals surface area contributed by atoms with Crippen LogP contribution in [0.1, 0.15) is 51.4 Å². The van der Waals surface area contributed by atoms with Gasteiger partial charge in [0.25, 0.3) is 0 Å². The third-order valence-electron chi connectivity index (χ3n) is 7.11. The summed E-state index contributed by atoms with van der Waals surface area (Å²) in [4.78, 5) is 39.4. The van der Waals surface area contributed by atoms with E-state index in [1.807, 2.05) is 47.9 Å². The van der Waals surface area contributed by atoms with E-state index in [0.717, 1.165) is 41.1 Å². The number of hydrogen-bond donors (Lipinski definition) is 1. The first-order valence-electron chi connectivity index (χ1n) is 12.3. The first kappa shape index (κ1) is 23.6. The second-order valence-corrected chi connectivity index (χ2v) is 10.2. The number of aryl methyl sites for hydroxylation is 1. The lowest BCUT2D eigenvalue weighted by molar-refractivity contribution is -0.124. The summed E-state index contributed by atoms with van der Waals surface area (Å²) < 4.78 is 2.18. The minimum Gasteiger partial charge on any atom is -0.336 e. The summed E-state index contributed by atoms with van der Waals surface area (Å²) in [7, 11) is 0. The van der Waals surface area contributed by atoms with Crippen LogP contribution >= 0.6 is 11.6 Å². The number of likely N-dealkylation sites (tertiary alicyclic amines) is 1. The SMILES string of the molecule is CCCn1c(CN2C(=O)C3(CCN(C(=O)NC(C)C)CC3)c3ccncc32)nc2cc(Cl)ccc21. The van der Waals surface area contributed by atoms with Gasteiger partial charge in [-0.1, -0.05) is 18.5 Å². The van der Waals surface area contributed by atoms with Crippen LogP contribution in [0.25, 0.3) is 11.0 Å². The number of carbonyl (C=O) groups excluding carboxylic acids is 2. The number of aromatic nitrogens is 3. The molecule has 3 aromatic rings. The van der Waals surface area contributed by atoms with Crippen LogP contribution in [0.3, 0.4) is 0 Å². The Morgan fingerprint density at radius 3 is 2.71 bits per heavy atom. The lowest BCUT2D eigenvalue weighted by atomic mass is 9.74. The van der Waals surface area contributed by atoms with E-state index < -0.39 is 5.41 Å². The number of nitrogens with one attached hydrogen (secondary N) is 1. The zero-order valence-electron chi connectivity index (χ0n) is 20.4. The molecule has 9 heteroatoms. The number of hydrogen-bond acceptors (Lipinski definition) is 4. The van der Waals surface area contributed by atoms with Gasteiger partial charge in [-0.15, -0.1) is 0 Å². The highest BCUT2D eigenvalue weighted by Crippen LogP contribution is 2.48. The number of imidazole rings is 1. The summed E-state index contributed by atoms with van der Waals surface area (Å²) in [6.45, 7) is 8.27. The van der Waals surface area contributed by atoms with Crippen molar-refractivity contribution in [1.29, 1.82) is 0 Å². The Bertz CT molecular complexity index is 1280. The number of nitrogens with zero attached hydrogens (tertiary/aromatic N) is 5. The number of carbonyl (C=O) groups is 2. The van der Waals surface area contributed by atoms with Gasteiger partial charge in [-0.05, 0) is 62.9 Å². The van der Waals surface area contributed by atoms with E-state index in [1.54, 1.807) is 12.4 Å². The van der Waals surface area contributed by atoms with Gasteiger partial charge in [0.2, 0.25) is 5.91 Å². The molecule has 1 saturated heterocycles. The summed E-state index contributed by atoms with van der Waals surface area (Å²) in [6, 6.07) is 7.70. The van der Waals surface area contributed by atoms with Crippen LogP contribution in [0.4, 0.5) is 10.5 Å². The first-order valence-corrected chi connectivity index (χ1v) is 12.7. The molecule has 0 atom stereocenters. The number of anilines is 1. The molecule has 2 aromatic heterocycles. The summed E-state index contributed by atoms with van der Waals surface area (Å²) in [5.74, 6) is 0.899. The third kappa shape index (κ3) is 4.03. The highest BCUT2D eigenvalue weighted by atomic mass is 35.5. The van der Waals surface area contributed by atoms with E-state index in [-0.39, 0.29) is 18.0 Å². The Hall–Kier alpha value is -3.13. The number of halogens is 1. The fourth-order valence-electron chi connectivity index (χ4n) is 5.45. The minimum atomic E-state index is -0.641. The maximum Gasteiger partial charge on any atom is 0.317 e. The summed E-state index contributed by atoms with van der Waals surface area (Å²) in [6.07, 6.45) is 5.66. The Balaban J connectivity index is 1.46. The van der Waals surface area contributed by atoms with Crippen LogP contribution in [0.15, 0.2) is 36.7 Å². The van der Waals surface area contributed by atoms with Gasteiger partial charge >= 0.3 is 6.03 Å². The van der Waals surface area contributed by atoms with E-state index in [2.05, 4.69) is 21.8 Å². The Labute approximate surface area is 210 Å². The van der Waals surface area contributed by atoms with E-state index in [0.29, 0.717) is 37.5 Å². The molecular formula is C26H31ClN6O2. The van der Waals surface area contributed by atoms with Gasteiger partial charge < -0.3 is 19.7 Å². The van der Waals surface area contributed by atoms with Crippen LogP contribution in [-0.4, -0.2) is 50.5 Å². The van der Waals surface area contributed by atoms with Gasteiger partial charge in [-0.25, -0.2) is 9.78 Å². The number of piperidine rings is 1. The Morgan fingerprint density at radius 1 is 1.23 bits per heavy atom. The average Bonchev–Trinajstić information content (AvgIpc) is 3.28. The van der Waals surface area contributed by atoms with Crippen molar-refractivity contribution >= 4 is 40.3 Å². The van der Waals surface area contributed by atoms with Crippen molar-refractivity contribution in [2.45, 2.75) is 64.6 Å². The number of amides is 3. The molecule has 1 fully saturated rings. The topological polar surface area (TPSA) is 83.4 Å². The highest BCUT2D eigenvalue weighted by molar-refractivity contribution is 6.31. The smallest absolute Gasteiger partial charge is 0.317 e. The van der Waals surface area contributed by atoms with Crippen LogP contribution in [-0.2, 0) is 23.3 Å². The van der Waals surface area contributed by atoms with Crippen molar-refractivity contribution < 1.29 is 9.59 Å². The van der Waals surface area contributed by atoms with Crippen LogP contribution in [0, 0.1) is 0 Å². The Kier molecular flexibility index (Phi) is 6.17. The van der Waals surface area contributed by atoms with E-state index >= 15 is 0 Å². The maximum atomic E-state index is 14.1. The second kappa shape index (κ2) is 9.15. The van der Waals surface area contributed by atoms with Crippen LogP contribution in [0.2, 0.25) is 5.02 Å². The van der Waals surface area contributed by atoms with Crippen LogP contribution < -0.4 is 10.2 Å². The monoisotopic (exact) mass is 494 g/mol. The zero-order chi connectivity index (χ0) is 24.7. The Morgan fingerprint density at radius 2 is 2.00 bits per heavy atom. The van der Waals surface area contributed by atoms with E-state index in [4.69, 9.17) is 16.6 Å². The molecule has 0 bridgehead atoms. The quantitative estimate of drug-likeness (QED) is 0.566. The molecule has 1 spiro atoms. The van der Waals surface area contributed by atoms with Crippen molar-refractivity contribution in [1.82, 2.24) is 24.8 Å². The minimum absolute atomic E-state index is 0.0672. The largest absolute Gasteiger partial charge is 0.336 e. The molecule has 2 aliphatic rings. The fourth-order valence-corrected chi connectivity index (χ4v) is 5.61. The molecule has 4 heterocycles. The molecule has 0 saturated carbocycles. The molecule has 8 nitrogen and oxygen atoms in total. The molecule has 35 heavy (non-hydrogen) atoms. The van der Waals surface area contributed by atoms with Gasteiger partial charge in [0.15, 0.2) is 0 Å². The number of rotatable bonds is 5. The number of urea groups is 1. The average molecular weight is 495 g/mol. The van der Waals surface area contributed by atoms with E-state index in [9.17, 15) is 9.59 Å². The number of fused-ring (bicyclic) bond motifs is 3. The number of benzene rings is 1. The lowest BCUT2D eigenvalue weighted by Gasteiger charge is -2.38. The van der Waals surface area contributed by atoms with Gasteiger partial charge in [0.05, 0.1) is 34.9 Å². The predicted molar refractivity (Wildman–Crippen MR) is 137 cm³/mol. The van der Waals surface area contributed by atoms with Crippen molar-refractivity contribution in [2.75, 3.05) is 18.0 Å². The third-order valence-corrected chi connectivity index (χ3v) is 7.35. The molecular weight excluding hydrogens is 464 g/mol.